The van der Waals surface area contributed by atoms with E-state index in [1.807, 2.05) is 0 Å². The normalized spacial score (nSPS) is 11.8. The maximum Gasteiger partial charge on any atom is 0.235 e. The van der Waals surface area contributed by atoms with Gasteiger partial charge in [-0.1, -0.05) is 0 Å². The third kappa shape index (κ3) is 7.59. The quantitative estimate of drug-likeness (QED) is 0.487. The summed E-state index contributed by atoms with van der Waals surface area (Å²) in [5.74, 6) is -0.316. The van der Waals surface area contributed by atoms with E-state index in [0.717, 1.165) is 4.31 Å². The zero-order chi connectivity index (χ0) is 14.0. The standard InChI is InChI=1S/C10H23N3O4S/c1-13(9-10(14)12-6-7-17-2)18(15,16)8-4-3-5-11/h3-9,11H2,1-2H3,(H,12,14). The molecule has 0 spiro atoms. The molecule has 0 aromatic carbocycles. The lowest BCUT2D eigenvalue weighted by Crippen LogP contribution is -2.40. The van der Waals surface area contributed by atoms with Gasteiger partial charge in [0.05, 0.1) is 18.9 Å². The van der Waals surface area contributed by atoms with Crippen molar-refractivity contribution in [3.8, 4) is 0 Å². The Morgan fingerprint density at radius 2 is 2.06 bits per heavy atom. The van der Waals surface area contributed by atoms with Gasteiger partial charge in [0.25, 0.3) is 0 Å². The number of hydrogen-bond donors (Lipinski definition) is 2. The lowest BCUT2D eigenvalue weighted by molar-refractivity contribution is -0.121. The largest absolute Gasteiger partial charge is 0.383 e. The van der Waals surface area contributed by atoms with E-state index < -0.39 is 10.0 Å². The molecule has 0 radical (unpaired) electrons. The molecule has 0 saturated heterocycles. The van der Waals surface area contributed by atoms with Crippen LogP contribution in [0.4, 0.5) is 0 Å². The Hall–Kier alpha value is -0.700. The molecule has 0 atom stereocenters. The first-order valence-corrected chi connectivity index (χ1v) is 7.44. The molecule has 0 bridgehead atoms. The molecule has 8 heteroatoms. The highest BCUT2D eigenvalue weighted by atomic mass is 32.2. The molecular weight excluding hydrogens is 258 g/mol. The third-order valence-corrected chi connectivity index (χ3v) is 4.21. The van der Waals surface area contributed by atoms with Crippen molar-refractivity contribution in [3.05, 3.63) is 0 Å². The summed E-state index contributed by atoms with van der Waals surface area (Å²) in [6.45, 7) is 1.07. The summed E-state index contributed by atoms with van der Waals surface area (Å²) >= 11 is 0. The second-order valence-corrected chi connectivity index (χ2v) is 6.11. The van der Waals surface area contributed by atoms with E-state index in [-0.39, 0.29) is 18.2 Å². The van der Waals surface area contributed by atoms with E-state index in [9.17, 15) is 13.2 Å². The van der Waals surface area contributed by atoms with E-state index in [1.165, 1.54) is 14.2 Å². The van der Waals surface area contributed by atoms with Crippen LogP contribution in [0.1, 0.15) is 12.8 Å². The van der Waals surface area contributed by atoms with E-state index in [4.69, 9.17) is 10.5 Å². The highest BCUT2D eigenvalue weighted by molar-refractivity contribution is 7.89. The average molecular weight is 281 g/mol. The molecule has 0 aromatic heterocycles. The fourth-order valence-corrected chi connectivity index (χ4v) is 2.43. The molecular formula is C10H23N3O4S. The molecule has 7 nitrogen and oxygen atoms in total. The van der Waals surface area contributed by atoms with Crippen LogP contribution in [-0.2, 0) is 19.6 Å². The predicted octanol–water partition coefficient (Wildman–Crippen LogP) is -1.25. The number of amides is 1. The van der Waals surface area contributed by atoms with Gasteiger partial charge in [0.15, 0.2) is 0 Å². The Morgan fingerprint density at radius 1 is 1.39 bits per heavy atom. The average Bonchev–Trinajstić information content (AvgIpc) is 2.29. The predicted molar refractivity (Wildman–Crippen MR) is 69.6 cm³/mol. The summed E-state index contributed by atoms with van der Waals surface area (Å²) in [4.78, 5) is 11.4. The lowest BCUT2D eigenvalue weighted by Gasteiger charge is -2.16. The number of carbonyl (C=O) groups excluding carboxylic acids is 1. The van der Waals surface area contributed by atoms with E-state index in [2.05, 4.69) is 5.32 Å². The van der Waals surface area contributed by atoms with Crippen LogP contribution in [0.3, 0.4) is 0 Å². The maximum absolute atomic E-state index is 11.8. The SMILES string of the molecule is COCCNC(=O)CN(C)S(=O)(=O)CCCCN. The highest BCUT2D eigenvalue weighted by Crippen LogP contribution is 2.01. The molecule has 0 fully saturated rings. The first-order valence-electron chi connectivity index (χ1n) is 5.83. The van der Waals surface area contributed by atoms with E-state index in [1.54, 1.807) is 0 Å². The topological polar surface area (TPSA) is 102 Å². The van der Waals surface area contributed by atoms with Crippen LogP contribution < -0.4 is 11.1 Å². The van der Waals surface area contributed by atoms with Crippen LogP contribution in [-0.4, -0.2) is 64.8 Å². The van der Waals surface area contributed by atoms with Gasteiger partial charge in [0, 0.05) is 20.7 Å². The van der Waals surface area contributed by atoms with Crippen LogP contribution in [0, 0.1) is 0 Å². The van der Waals surface area contributed by atoms with Crippen molar-refractivity contribution in [1.29, 1.82) is 0 Å². The number of methoxy groups -OCH3 is 1. The number of nitrogens with zero attached hydrogens (tertiary/aromatic N) is 1. The summed E-state index contributed by atoms with van der Waals surface area (Å²) in [5, 5.41) is 2.56. The number of nitrogens with one attached hydrogen (secondary N) is 1. The van der Waals surface area contributed by atoms with Crippen LogP contribution in [0.15, 0.2) is 0 Å². The summed E-state index contributed by atoms with van der Waals surface area (Å²) < 4.78 is 29.3. The Labute approximate surface area is 109 Å². The van der Waals surface area contributed by atoms with Crippen molar-refractivity contribution in [3.63, 3.8) is 0 Å². The smallest absolute Gasteiger partial charge is 0.235 e. The summed E-state index contributed by atoms with van der Waals surface area (Å²) in [6, 6.07) is 0. The molecule has 0 aliphatic carbocycles. The monoisotopic (exact) mass is 281 g/mol. The molecule has 1 amide bonds. The number of carbonyl (C=O) groups is 1. The second kappa shape index (κ2) is 9.26. The molecule has 0 aliphatic rings. The molecule has 0 aromatic rings. The Balaban J connectivity index is 4.05. The molecule has 0 rings (SSSR count). The van der Waals surface area contributed by atoms with Gasteiger partial charge in [0.2, 0.25) is 15.9 Å². The van der Waals surface area contributed by atoms with Crippen LogP contribution in [0.5, 0.6) is 0 Å². The van der Waals surface area contributed by atoms with Gasteiger partial charge >= 0.3 is 0 Å². The number of likely N-dealkylation sites (N-methyl/N-ethyl adjacent to an activating group) is 1. The van der Waals surface area contributed by atoms with Crippen molar-refractivity contribution < 1.29 is 17.9 Å². The van der Waals surface area contributed by atoms with E-state index in [0.29, 0.717) is 32.5 Å². The van der Waals surface area contributed by atoms with Gasteiger partial charge in [0.1, 0.15) is 0 Å². The zero-order valence-corrected chi connectivity index (χ0v) is 11.8. The zero-order valence-electron chi connectivity index (χ0n) is 11.0. The van der Waals surface area contributed by atoms with Crippen molar-refractivity contribution in [1.82, 2.24) is 9.62 Å². The third-order valence-electron chi connectivity index (χ3n) is 2.33. The maximum atomic E-state index is 11.8. The van der Waals surface area contributed by atoms with Gasteiger partial charge in [-0.25, -0.2) is 8.42 Å². The molecule has 108 valence electrons. The van der Waals surface area contributed by atoms with Crippen molar-refractivity contribution >= 4 is 15.9 Å². The van der Waals surface area contributed by atoms with Crippen LogP contribution >= 0.6 is 0 Å². The summed E-state index contributed by atoms with van der Waals surface area (Å²) in [5.41, 5.74) is 5.30. The van der Waals surface area contributed by atoms with Crippen molar-refractivity contribution in [2.75, 3.05) is 46.2 Å². The van der Waals surface area contributed by atoms with Gasteiger partial charge in [-0.2, -0.15) is 4.31 Å². The van der Waals surface area contributed by atoms with Crippen molar-refractivity contribution in [2.24, 2.45) is 5.73 Å². The van der Waals surface area contributed by atoms with Crippen LogP contribution in [0.2, 0.25) is 0 Å². The Kier molecular flexibility index (Phi) is 8.90. The minimum atomic E-state index is -3.37. The van der Waals surface area contributed by atoms with Gasteiger partial charge in [-0.3, -0.25) is 4.79 Å². The number of sulfonamides is 1. The lowest BCUT2D eigenvalue weighted by atomic mass is 10.3. The first kappa shape index (κ1) is 17.3. The van der Waals surface area contributed by atoms with Crippen LogP contribution in [0.25, 0.3) is 0 Å². The van der Waals surface area contributed by atoms with Crippen molar-refractivity contribution in [2.45, 2.75) is 12.8 Å². The van der Waals surface area contributed by atoms with Gasteiger partial charge in [-0.05, 0) is 19.4 Å². The number of hydrogen-bond acceptors (Lipinski definition) is 5. The second-order valence-electron chi connectivity index (χ2n) is 3.91. The number of ether oxygens (including phenoxy) is 1. The molecule has 0 saturated carbocycles. The minimum Gasteiger partial charge on any atom is -0.383 e. The fraction of sp³-hybridized carbons (Fsp3) is 0.900. The number of unbranched alkanes of at least 4 members (excludes halogenated alkanes) is 1. The van der Waals surface area contributed by atoms with E-state index >= 15 is 0 Å². The summed E-state index contributed by atoms with van der Waals surface area (Å²) in [6.07, 6.45) is 1.17. The number of rotatable bonds is 10. The molecule has 18 heavy (non-hydrogen) atoms. The molecule has 0 unspecified atom stereocenters. The molecule has 3 N–H and O–H groups in total. The Morgan fingerprint density at radius 3 is 2.61 bits per heavy atom. The first-order chi connectivity index (χ1) is 8.44. The minimum absolute atomic E-state index is 0.0199. The molecule has 0 heterocycles. The fourth-order valence-electron chi connectivity index (χ4n) is 1.23. The Bertz CT molecular complexity index is 332. The number of nitrogens with two attached hydrogens (primary N) is 1. The summed E-state index contributed by atoms with van der Waals surface area (Å²) in [7, 11) is -0.448. The highest BCUT2D eigenvalue weighted by Gasteiger charge is 2.19. The molecule has 0 aliphatic heterocycles. The van der Waals surface area contributed by atoms with Gasteiger partial charge < -0.3 is 15.8 Å². The van der Waals surface area contributed by atoms with Gasteiger partial charge in [-0.15, -0.1) is 0 Å².